The summed E-state index contributed by atoms with van der Waals surface area (Å²) in [7, 11) is 1.75. The molecule has 150 valence electrons. The Balaban J connectivity index is 1.54. The van der Waals surface area contributed by atoms with Crippen LogP contribution < -0.4 is 15.5 Å². The molecule has 5 nitrogen and oxygen atoms in total. The van der Waals surface area contributed by atoms with Crippen molar-refractivity contribution in [2.24, 2.45) is 4.99 Å². The Kier molecular flexibility index (Phi) is 7.23. The van der Waals surface area contributed by atoms with E-state index in [0.29, 0.717) is 18.7 Å². The van der Waals surface area contributed by atoms with Crippen LogP contribution in [0, 0.1) is 12.7 Å². The third-order valence-electron chi connectivity index (χ3n) is 5.11. The fourth-order valence-electron chi connectivity index (χ4n) is 3.45. The molecule has 2 heterocycles. The largest absolute Gasteiger partial charge is 0.357 e. The molecule has 1 aliphatic rings. The van der Waals surface area contributed by atoms with E-state index >= 15 is 0 Å². The lowest BCUT2D eigenvalue weighted by molar-refractivity contribution is 0.617. The molecule has 2 aromatic rings. The van der Waals surface area contributed by atoms with Crippen molar-refractivity contribution in [1.29, 1.82) is 0 Å². The number of hydrogen-bond acceptors (Lipinski definition) is 3. The maximum Gasteiger partial charge on any atom is 0.191 e. The molecule has 0 aliphatic carbocycles. The van der Waals surface area contributed by atoms with E-state index in [1.807, 2.05) is 18.3 Å². The van der Waals surface area contributed by atoms with Crippen LogP contribution in [0.15, 0.2) is 41.5 Å². The number of pyridine rings is 1. The van der Waals surface area contributed by atoms with Crippen molar-refractivity contribution < 1.29 is 4.39 Å². The van der Waals surface area contributed by atoms with E-state index in [4.69, 9.17) is 0 Å². The number of aromatic nitrogens is 1. The molecule has 6 heteroatoms. The van der Waals surface area contributed by atoms with E-state index in [2.05, 4.69) is 31.6 Å². The van der Waals surface area contributed by atoms with Crippen molar-refractivity contribution in [3.8, 4) is 0 Å². The Bertz CT molecular complexity index is 797. The first-order chi connectivity index (χ1) is 13.7. The van der Waals surface area contributed by atoms with E-state index in [9.17, 15) is 4.39 Å². The van der Waals surface area contributed by atoms with Gasteiger partial charge in [0.15, 0.2) is 5.96 Å². The number of anilines is 1. The fraction of sp³-hybridized carbons (Fsp3) is 0.455. The zero-order valence-electron chi connectivity index (χ0n) is 16.8. The van der Waals surface area contributed by atoms with Gasteiger partial charge in [0.05, 0.1) is 0 Å². The first-order valence-electron chi connectivity index (χ1n) is 10.0. The molecule has 1 aromatic carbocycles. The van der Waals surface area contributed by atoms with Gasteiger partial charge in [-0.05, 0) is 54.7 Å². The highest BCUT2D eigenvalue weighted by Gasteiger charge is 2.11. The van der Waals surface area contributed by atoms with Crippen molar-refractivity contribution in [2.45, 2.75) is 45.7 Å². The molecule has 28 heavy (non-hydrogen) atoms. The van der Waals surface area contributed by atoms with Crippen LogP contribution in [0.5, 0.6) is 0 Å². The summed E-state index contributed by atoms with van der Waals surface area (Å²) in [5.41, 5.74) is 2.85. The Labute approximate surface area is 167 Å². The predicted octanol–water partition coefficient (Wildman–Crippen LogP) is 3.77. The predicted molar refractivity (Wildman–Crippen MR) is 113 cm³/mol. The molecule has 1 fully saturated rings. The van der Waals surface area contributed by atoms with Gasteiger partial charge in [0.2, 0.25) is 0 Å². The second-order valence-corrected chi connectivity index (χ2v) is 7.29. The maximum absolute atomic E-state index is 13.4. The van der Waals surface area contributed by atoms with Crippen LogP contribution in [0.4, 0.5) is 10.2 Å². The molecule has 0 unspecified atom stereocenters. The SMILES string of the molecule is CN=C(NCc1ccnc(N2CCCCCC2)c1)NCc1ccc(F)c(C)c1. The maximum atomic E-state index is 13.4. The summed E-state index contributed by atoms with van der Waals surface area (Å²) in [6, 6.07) is 9.34. The number of halogens is 1. The minimum absolute atomic E-state index is 0.177. The highest BCUT2D eigenvalue weighted by atomic mass is 19.1. The standard InChI is InChI=1S/C22H30FN5/c1-17-13-18(7-8-20(17)23)15-26-22(24-2)27-16-19-9-10-25-21(14-19)28-11-5-3-4-6-12-28/h7-10,13-14H,3-6,11-12,15-16H2,1-2H3,(H2,24,26,27). The summed E-state index contributed by atoms with van der Waals surface area (Å²) in [5, 5.41) is 6.62. The van der Waals surface area contributed by atoms with Crippen LogP contribution >= 0.6 is 0 Å². The first kappa shape index (κ1) is 20.1. The molecular weight excluding hydrogens is 353 g/mol. The zero-order valence-corrected chi connectivity index (χ0v) is 16.8. The monoisotopic (exact) mass is 383 g/mol. The van der Waals surface area contributed by atoms with Crippen LogP contribution in [0.2, 0.25) is 0 Å². The molecule has 3 rings (SSSR count). The summed E-state index contributed by atoms with van der Waals surface area (Å²) in [6.07, 6.45) is 6.99. The first-order valence-corrected chi connectivity index (χ1v) is 10.0. The quantitative estimate of drug-likeness (QED) is 0.610. The van der Waals surface area contributed by atoms with Gasteiger partial charge in [-0.3, -0.25) is 4.99 Å². The van der Waals surface area contributed by atoms with Crippen LogP contribution in [0.1, 0.15) is 42.4 Å². The van der Waals surface area contributed by atoms with Crippen LogP contribution in [0.25, 0.3) is 0 Å². The molecule has 0 radical (unpaired) electrons. The van der Waals surface area contributed by atoms with Crippen LogP contribution in [-0.2, 0) is 13.1 Å². The highest BCUT2D eigenvalue weighted by Crippen LogP contribution is 2.18. The molecule has 0 spiro atoms. The van der Waals surface area contributed by atoms with E-state index < -0.39 is 0 Å². The van der Waals surface area contributed by atoms with Gasteiger partial charge < -0.3 is 15.5 Å². The molecule has 1 aliphatic heterocycles. The second kappa shape index (κ2) is 10.1. The highest BCUT2D eigenvalue weighted by molar-refractivity contribution is 5.79. The molecule has 1 saturated heterocycles. The number of hydrogen-bond donors (Lipinski definition) is 2. The summed E-state index contributed by atoms with van der Waals surface area (Å²) in [5.74, 6) is 1.60. The Morgan fingerprint density at radius 1 is 1.04 bits per heavy atom. The van der Waals surface area contributed by atoms with Crippen LogP contribution in [-0.4, -0.2) is 31.1 Å². The average molecular weight is 384 g/mol. The topological polar surface area (TPSA) is 52.6 Å². The van der Waals surface area contributed by atoms with Gasteiger partial charge in [0.1, 0.15) is 11.6 Å². The number of rotatable bonds is 5. The van der Waals surface area contributed by atoms with E-state index in [0.717, 1.165) is 30.4 Å². The summed E-state index contributed by atoms with van der Waals surface area (Å²) in [6.45, 7) is 5.22. The lowest BCUT2D eigenvalue weighted by Crippen LogP contribution is -2.36. The number of guanidine groups is 1. The van der Waals surface area contributed by atoms with Gasteiger partial charge in [-0.2, -0.15) is 0 Å². The van der Waals surface area contributed by atoms with Gasteiger partial charge in [-0.25, -0.2) is 9.37 Å². The van der Waals surface area contributed by atoms with Crippen molar-refractivity contribution in [2.75, 3.05) is 25.0 Å². The molecular formula is C22H30FN5. The molecule has 1 aromatic heterocycles. The van der Waals surface area contributed by atoms with Gasteiger partial charge in [0.25, 0.3) is 0 Å². The van der Waals surface area contributed by atoms with Crippen LogP contribution in [0.3, 0.4) is 0 Å². The van der Waals surface area contributed by atoms with Crippen molar-refractivity contribution >= 4 is 11.8 Å². The number of nitrogens with zero attached hydrogens (tertiary/aromatic N) is 3. The third kappa shape index (κ3) is 5.68. The molecule has 0 amide bonds. The normalized spacial score (nSPS) is 15.2. The minimum Gasteiger partial charge on any atom is -0.357 e. The number of aryl methyl sites for hydroxylation is 1. The number of benzene rings is 1. The number of aliphatic imine (C=N–C) groups is 1. The summed E-state index contributed by atoms with van der Waals surface area (Å²) < 4.78 is 13.4. The average Bonchev–Trinajstić information content (AvgIpc) is 3.00. The lowest BCUT2D eigenvalue weighted by Gasteiger charge is -2.22. The molecule has 0 saturated carbocycles. The van der Waals surface area contributed by atoms with Crippen molar-refractivity contribution in [1.82, 2.24) is 15.6 Å². The fourth-order valence-corrected chi connectivity index (χ4v) is 3.45. The Hall–Kier alpha value is -2.63. The zero-order chi connectivity index (χ0) is 19.8. The summed E-state index contributed by atoms with van der Waals surface area (Å²) in [4.78, 5) is 11.2. The molecule has 0 bridgehead atoms. The Morgan fingerprint density at radius 3 is 2.36 bits per heavy atom. The molecule has 2 N–H and O–H groups in total. The molecule has 0 atom stereocenters. The van der Waals surface area contributed by atoms with Gasteiger partial charge in [-0.15, -0.1) is 0 Å². The lowest BCUT2D eigenvalue weighted by atomic mass is 10.1. The third-order valence-corrected chi connectivity index (χ3v) is 5.11. The minimum atomic E-state index is -0.177. The van der Waals surface area contributed by atoms with Gasteiger partial charge in [0, 0.05) is 39.4 Å². The number of nitrogens with one attached hydrogen (secondary N) is 2. The van der Waals surface area contributed by atoms with Crippen molar-refractivity contribution in [3.63, 3.8) is 0 Å². The van der Waals surface area contributed by atoms with E-state index in [1.54, 1.807) is 20.0 Å². The Morgan fingerprint density at radius 2 is 1.71 bits per heavy atom. The second-order valence-electron chi connectivity index (χ2n) is 7.29. The van der Waals surface area contributed by atoms with E-state index in [1.165, 1.54) is 37.3 Å². The van der Waals surface area contributed by atoms with E-state index in [-0.39, 0.29) is 5.82 Å². The summed E-state index contributed by atoms with van der Waals surface area (Å²) >= 11 is 0. The smallest absolute Gasteiger partial charge is 0.191 e. The van der Waals surface area contributed by atoms with Crippen molar-refractivity contribution in [3.05, 3.63) is 59.0 Å². The van der Waals surface area contributed by atoms with Gasteiger partial charge >= 0.3 is 0 Å². The van der Waals surface area contributed by atoms with Gasteiger partial charge in [-0.1, -0.05) is 25.0 Å².